The molecule has 122 valence electrons. The highest BCUT2D eigenvalue weighted by atomic mass is 16.6. The van der Waals surface area contributed by atoms with Crippen LogP contribution in [-0.2, 0) is 11.8 Å². The van der Waals surface area contributed by atoms with E-state index in [1.54, 1.807) is 52.1 Å². The fraction of sp³-hybridized carbons (Fsp3) is 0.312. The minimum atomic E-state index is -1.04. The largest absolute Gasteiger partial charge is 0.478 e. The van der Waals surface area contributed by atoms with Crippen LogP contribution in [0.15, 0.2) is 30.5 Å². The molecule has 0 unspecified atom stereocenters. The average molecular weight is 317 g/mol. The highest BCUT2D eigenvalue weighted by Crippen LogP contribution is 2.25. The number of carboxylic acids is 1. The number of ether oxygens (including phenoxy) is 1. The fourth-order valence-corrected chi connectivity index (χ4v) is 2.07. The fourth-order valence-electron chi connectivity index (χ4n) is 2.07. The van der Waals surface area contributed by atoms with Crippen molar-refractivity contribution in [3.8, 4) is 11.3 Å². The molecule has 0 bridgehead atoms. The number of carboxylic acid groups (broad SMARTS) is 1. The van der Waals surface area contributed by atoms with E-state index in [4.69, 9.17) is 4.74 Å². The van der Waals surface area contributed by atoms with Crippen molar-refractivity contribution in [2.24, 2.45) is 7.05 Å². The molecule has 1 aromatic carbocycles. The number of nitrogens with one attached hydrogen (secondary N) is 1. The summed E-state index contributed by atoms with van der Waals surface area (Å²) in [5.74, 6) is -1.04. The van der Waals surface area contributed by atoms with Crippen molar-refractivity contribution in [2.45, 2.75) is 26.4 Å². The summed E-state index contributed by atoms with van der Waals surface area (Å²) in [6, 6.07) is 6.79. The van der Waals surface area contributed by atoms with Gasteiger partial charge in [0.05, 0.1) is 11.9 Å². The van der Waals surface area contributed by atoms with Crippen molar-refractivity contribution in [2.75, 3.05) is 5.32 Å². The Balaban J connectivity index is 2.19. The van der Waals surface area contributed by atoms with Gasteiger partial charge in [-0.15, -0.1) is 0 Å². The van der Waals surface area contributed by atoms with E-state index in [0.717, 1.165) is 0 Å². The van der Waals surface area contributed by atoms with Crippen LogP contribution in [0.2, 0.25) is 0 Å². The first kappa shape index (κ1) is 16.5. The lowest BCUT2D eigenvalue weighted by Crippen LogP contribution is -2.27. The molecule has 7 nitrogen and oxygen atoms in total. The van der Waals surface area contributed by atoms with Crippen LogP contribution in [0, 0.1) is 0 Å². The standard InChI is InChI=1S/C16H19N3O4/c1-16(2,3)23-15(22)18-11-7-5-10(6-8-11)13-12(14(20)21)9-17-19(13)4/h5-9H,1-4H3,(H,18,22)(H,20,21). The SMILES string of the molecule is Cn1ncc(C(=O)O)c1-c1ccc(NC(=O)OC(C)(C)C)cc1. The van der Waals surface area contributed by atoms with E-state index in [1.165, 1.54) is 10.9 Å². The number of anilines is 1. The molecule has 0 spiro atoms. The van der Waals surface area contributed by atoms with Crippen molar-refractivity contribution in [3.05, 3.63) is 36.0 Å². The summed E-state index contributed by atoms with van der Waals surface area (Å²) in [5.41, 5.74) is 1.30. The summed E-state index contributed by atoms with van der Waals surface area (Å²) in [5, 5.41) is 15.8. The molecule has 0 aliphatic heterocycles. The van der Waals surface area contributed by atoms with E-state index >= 15 is 0 Å². The average Bonchev–Trinajstić information content (AvgIpc) is 2.79. The minimum absolute atomic E-state index is 0.125. The van der Waals surface area contributed by atoms with Gasteiger partial charge in [-0.05, 0) is 32.9 Å². The van der Waals surface area contributed by atoms with Gasteiger partial charge in [-0.2, -0.15) is 5.10 Å². The third-order valence-electron chi connectivity index (χ3n) is 2.97. The summed E-state index contributed by atoms with van der Waals surface area (Å²) in [7, 11) is 1.68. The number of amides is 1. The molecule has 1 amide bonds. The molecular formula is C16H19N3O4. The Kier molecular flexibility index (Phi) is 4.40. The maximum Gasteiger partial charge on any atom is 0.412 e. The van der Waals surface area contributed by atoms with Gasteiger partial charge in [-0.1, -0.05) is 12.1 Å². The van der Waals surface area contributed by atoms with Gasteiger partial charge in [0.25, 0.3) is 0 Å². The minimum Gasteiger partial charge on any atom is -0.478 e. The number of hydrogen-bond donors (Lipinski definition) is 2. The van der Waals surface area contributed by atoms with Crippen LogP contribution in [0.5, 0.6) is 0 Å². The lowest BCUT2D eigenvalue weighted by molar-refractivity contribution is 0.0634. The van der Waals surface area contributed by atoms with Crippen LogP contribution in [0.4, 0.5) is 10.5 Å². The molecule has 1 heterocycles. The van der Waals surface area contributed by atoms with Gasteiger partial charge < -0.3 is 9.84 Å². The van der Waals surface area contributed by atoms with Gasteiger partial charge in [-0.25, -0.2) is 9.59 Å². The maximum atomic E-state index is 11.7. The van der Waals surface area contributed by atoms with Crippen molar-refractivity contribution in [1.82, 2.24) is 9.78 Å². The van der Waals surface area contributed by atoms with Crippen LogP contribution >= 0.6 is 0 Å². The second-order valence-electron chi connectivity index (χ2n) is 6.04. The summed E-state index contributed by atoms with van der Waals surface area (Å²) in [6.45, 7) is 5.35. The van der Waals surface area contributed by atoms with Crippen molar-refractivity contribution >= 4 is 17.7 Å². The second kappa shape index (κ2) is 6.12. The third kappa shape index (κ3) is 4.09. The first-order valence-electron chi connectivity index (χ1n) is 7.03. The smallest absolute Gasteiger partial charge is 0.412 e. The van der Waals surface area contributed by atoms with Crippen LogP contribution in [0.1, 0.15) is 31.1 Å². The number of carbonyl (C=O) groups is 2. The Labute approximate surface area is 133 Å². The van der Waals surface area contributed by atoms with Crippen molar-refractivity contribution < 1.29 is 19.4 Å². The normalized spacial score (nSPS) is 11.1. The molecule has 2 rings (SSSR count). The number of aryl methyl sites for hydroxylation is 1. The molecular weight excluding hydrogens is 298 g/mol. The van der Waals surface area contributed by atoms with E-state index < -0.39 is 17.7 Å². The van der Waals surface area contributed by atoms with Gasteiger partial charge >= 0.3 is 12.1 Å². The molecule has 7 heteroatoms. The Hall–Kier alpha value is -2.83. The van der Waals surface area contributed by atoms with Crippen LogP contribution in [0.3, 0.4) is 0 Å². The van der Waals surface area contributed by atoms with Gasteiger partial charge in [0.2, 0.25) is 0 Å². The molecule has 2 aromatic rings. The van der Waals surface area contributed by atoms with E-state index in [2.05, 4.69) is 10.4 Å². The van der Waals surface area contributed by atoms with E-state index in [0.29, 0.717) is 16.9 Å². The second-order valence-corrected chi connectivity index (χ2v) is 6.04. The third-order valence-corrected chi connectivity index (χ3v) is 2.97. The molecule has 0 saturated carbocycles. The number of nitrogens with zero attached hydrogens (tertiary/aromatic N) is 2. The van der Waals surface area contributed by atoms with Crippen molar-refractivity contribution in [1.29, 1.82) is 0 Å². The quantitative estimate of drug-likeness (QED) is 0.907. The lowest BCUT2D eigenvalue weighted by Gasteiger charge is -2.19. The molecule has 23 heavy (non-hydrogen) atoms. The van der Waals surface area contributed by atoms with E-state index in [9.17, 15) is 14.7 Å². The summed E-state index contributed by atoms with van der Waals surface area (Å²) in [6.07, 6.45) is 0.766. The predicted molar refractivity (Wildman–Crippen MR) is 85.5 cm³/mol. The molecule has 0 atom stereocenters. The van der Waals surface area contributed by atoms with Crippen LogP contribution in [-0.4, -0.2) is 32.6 Å². The topological polar surface area (TPSA) is 93.5 Å². The van der Waals surface area contributed by atoms with E-state index in [1.807, 2.05) is 0 Å². The maximum absolute atomic E-state index is 11.7. The molecule has 0 radical (unpaired) electrons. The first-order chi connectivity index (χ1) is 10.7. The zero-order valence-corrected chi connectivity index (χ0v) is 13.5. The zero-order chi connectivity index (χ0) is 17.2. The Morgan fingerprint density at radius 1 is 1.22 bits per heavy atom. The van der Waals surface area contributed by atoms with Crippen LogP contribution < -0.4 is 5.32 Å². The monoisotopic (exact) mass is 317 g/mol. The van der Waals surface area contributed by atoms with Gasteiger partial charge in [-0.3, -0.25) is 10.00 Å². The highest BCUT2D eigenvalue weighted by Gasteiger charge is 2.18. The summed E-state index contributed by atoms with van der Waals surface area (Å²) in [4.78, 5) is 22.9. The molecule has 1 aromatic heterocycles. The van der Waals surface area contributed by atoms with Crippen LogP contribution in [0.25, 0.3) is 11.3 Å². The molecule has 2 N–H and O–H groups in total. The van der Waals surface area contributed by atoms with Gasteiger partial charge in [0, 0.05) is 18.3 Å². The molecule has 0 fully saturated rings. The number of carbonyl (C=O) groups excluding carboxylic acids is 1. The number of aromatic nitrogens is 2. The molecule has 0 saturated heterocycles. The lowest BCUT2D eigenvalue weighted by atomic mass is 10.1. The number of hydrogen-bond acceptors (Lipinski definition) is 4. The number of rotatable bonds is 3. The predicted octanol–water partition coefficient (Wildman–Crippen LogP) is 3.13. The Morgan fingerprint density at radius 3 is 2.35 bits per heavy atom. The zero-order valence-electron chi connectivity index (χ0n) is 13.5. The number of benzene rings is 1. The molecule has 0 aliphatic rings. The first-order valence-corrected chi connectivity index (χ1v) is 7.03. The van der Waals surface area contributed by atoms with E-state index in [-0.39, 0.29) is 5.56 Å². The number of aromatic carboxylic acids is 1. The molecule has 0 aliphatic carbocycles. The summed E-state index contributed by atoms with van der Waals surface area (Å²) >= 11 is 0. The Bertz CT molecular complexity index is 727. The van der Waals surface area contributed by atoms with Crippen molar-refractivity contribution in [3.63, 3.8) is 0 Å². The summed E-state index contributed by atoms with van der Waals surface area (Å²) < 4.78 is 6.67. The van der Waals surface area contributed by atoms with Gasteiger partial charge in [0.15, 0.2) is 0 Å². The highest BCUT2D eigenvalue weighted by molar-refractivity contribution is 5.95. The van der Waals surface area contributed by atoms with Gasteiger partial charge in [0.1, 0.15) is 11.2 Å². The Morgan fingerprint density at radius 2 is 1.83 bits per heavy atom.